The van der Waals surface area contributed by atoms with Crippen LogP contribution in [0.15, 0.2) is 0 Å². The second-order valence-electron chi connectivity index (χ2n) is 8.21. The Kier molecular flexibility index (Phi) is 21.7. The van der Waals surface area contributed by atoms with Crippen LogP contribution in [0.1, 0.15) is 116 Å². The Morgan fingerprint density at radius 2 is 1.10 bits per heavy atom. The first-order valence-electron chi connectivity index (χ1n) is 12.2. The van der Waals surface area contributed by atoms with Crippen LogP contribution in [-0.2, 0) is 19.1 Å². The van der Waals surface area contributed by atoms with E-state index in [0.717, 1.165) is 96.3 Å². The lowest BCUT2D eigenvalue weighted by atomic mass is 10.1. The van der Waals surface area contributed by atoms with Gasteiger partial charge in [0.25, 0.3) is 0 Å². The monoisotopic (exact) mass is 430 g/mol. The van der Waals surface area contributed by atoms with Crippen LogP contribution in [0.25, 0.3) is 0 Å². The Morgan fingerprint density at radius 3 is 1.63 bits per heavy atom. The standard InChI is InChI=1S/C24H46O6/c1-22(30-24(28)18-11-7-3-5-9-14-20-26)16-12-15-21-29-23(27)17-10-6-2-4-8-13-19-25/h22,25-26H,2-21H2,1H3. The van der Waals surface area contributed by atoms with E-state index in [-0.39, 0.29) is 31.3 Å². The van der Waals surface area contributed by atoms with Crippen LogP contribution in [0.5, 0.6) is 0 Å². The summed E-state index contributed by atoms with van der Waals surface area (Å²) in [5.41, 5.74) is 0. The lowest BCUT2D eigenvalue weighted by molar-refractivity contribution is -0.148. The second kappa shape index (κ2) is 22.5. The summed E-state index contributed by atoms with van der Waals surface area (Å²) >= 11 is 0. The lowest BCUT2D eigenvalue weighted by Gasteiger charge is -2.13. The van der Waals surface area contributed by atoms with E-state index in [4.69, 9.17) is 19.7 Å². The minimum atomic E-state index is -0.124. The van der Waals surface area contributed by atoms with Crippen molar-refractivity contribution < 1.29 is 29.3 Å². The summed E-state index contributed by atoms with van der Waals surface area (Å²) in [5, 5.41) is 17.4. The van der Waals surface area contributed by atoms with Gasteiger partial charge in [-0.1, -0.05) is 51.4 Å². The maximum atomic E-state index is 11.8. The normalized spacial score (nSPS) is 12.0. The third-order valence-electron chi connectivity index (χ3n) is 5.18. The zero-order valence-electron chi connectivity index (χ0n) is 19.2. The number of aliphatic hydroxyl groups is 2. The predicted molar refractivity (Wildman–Crippen MR) is 119 cm³/mol. The van der Waals surface area contributed by atoms with Crippen molar-refractivity contribution in [2.45, 2.75) is 122 Å². The number of hydrogen-bond donors (Lipinski definition) is 2. The van der Waals surface area contributed by atoms with Gasteiger partial charge < -0.3 is 19.7 Å². The number of carbonyl (C=O) groups excluding carboxylic acids is 2. The fourth-order valence-electron chi connectivity index (χ4n) is 3.31. The van der Waals surface area contributed by atoms with E-state index < -0.39 is 0 Å². The third-order valence-corrected chi connectivity index (χ3v) is 5.18. The fraction of sp³-hybridized carbons (Fsp3) is 0.917. The van der Waals surface area contributed by atoms with Crippen LogP contribution in [0.2, 0.25) is 0 Å². The Balaban J connectivity index is 3.43. The molecule has 0 bridgehead atoms. The Bertz CT molecular complexity index is 399. The highest BCUT2D eigenvalue weighted by atomic mass is 16.5. The molecule has 0 rings (SSSR count). The summed E-state index contributed by atoms with van der Waals surface area (Å²) in [7, 11) is 0. The van der Waals surface area contributed by atoms with Crippen molar-refractivity contribution in [3.8, 4) is 0 Å². The van der Waals surface area contributed by atoms with E-state index in [1.54, 1.807) is 0 Å². The van der Waals surface area contributed by atoms with Gasteiger partial charge in [0.1, 0.15) is 0 Å². The molecule has 1 atom stereocenters. The maximum Gasteiger partial charge on any atom is 0.306 e. The smallest absolute Gasteiger partial charge is 0.306 e. The summed E-state index contributed by atoms with van der Waals surface area (Å²) in [6, 6.07) is 0. The van der Waals surface area contributed by atoms with Crippen LogP contribution in [0.4, 0.5) is 0 Å². The zero-order valence-corrected chi connectivity index (χ0v) is 19.2. The van der Waals surface area contributed by atoms with Crippen molar-refractivity contribution in [2.75, 3.05) is 19.8 Å². The van der Waals surface area contributed by atoms with Crippen LogP contribution < -0.4 is 0 Å². The van der Waals surface area contributed by atoms with E-state index >= 15 is 0 Å². The molecule has 30 heavy (non-hydrogen) atoms. The molecule has 0 fully saturated rings. The van der Waals surface area contributed by atoms with Crippen molar-refractivity contribution in [3.05, 3.63) is 0 Å². The highest BCUT2D eigenvalue weighted by Gasteiger charge is 2.09. The summed E-state index contributed by atoms with van der Waals surface area (Å²) in [5.74, 6) is -0.248. The average molecular weight is 431 g/mol. The number of aliphatic hydroxyl groups excluding tert-OH is 2. The molecule has 0 aliphatic heterocycles. The molecule has 0 aliphatic carbocycles. The van der Waals surface area contributed by atoms with E-state index in [1.165, 1.54) is 0 Å². The van der Waals surface area contributed by atoms with Crippen molar-refractivity contribution >= 4 is 11.9 Å². The van der Waals surface area contributed by atoms with Crippen molar-refractivity contribution in [1.82, 2.24) is 0 Å². The molecule has 0 amide bonds. The minimum Gasteiger partial charge on any atom is -0.466 e. The fourth-order valence-corrected chi connectivity index (χ4v) is 3.31. The Morgan fingerprint density at radius 1 is 0.633 bits per heavy atom. The van der Waals surface area contributed by atoms with Gasteiger partial charge in [0.05, 0.1) is 12.7 Å². The first-order chi connectivity index (χ1) is 14.6. The Labute approximate surface area is 183 Å². The molecule has 0 saturated carbocycles. The van der Waals surface area contributed by atoms with E-state index in [0.29, 0.717) is 19.4 Å². The molecule has 2 N–H and O–H groups in total. The number of esters is 2. The van der Waals surface area contributed by atoms with Gasteiger partial charge in [-0.15, -0.1) is 0 Å². The summed E-state index contributed by atoms with van der Waals surface area (Å²) in [6.07, 6.45) is 15.4. The molecular weight excluding hydrogens is 384 g/mol. The first kappa shape index (κ1) is 28.9. The molecule has 0 aliphatic rings. The molecule has 0 radical (unpaired) electrons. The van der Waals surface area contributed by atoms with Crippen molar-refractivity contribution in [3.63, 3.8) is 0 Å². The molecule has 0 saturated heterocycles. The van der Waals surface area contributed by atoms with Gasteiger partial charge in [0.2, 0.25) is 0 Å². The van der Waals surface area contributed by atoms with Crippen LogP contribution >= 0.6 is 0 Å². The van der Waals surface area contributed by atoms with Gasteiger partial charge in [-0.3, -0.25) is 9.59 Å². The number of ether oxygens (including phenoxy) is 2. The van der Waals surface area contributed by atoms with Gasteiger partial charge in [-0.2, -0.15) is 0 Å². The number of rotatable bonds is 22. The SMILES string of the molecule is CC(CCCCOC(=O)CCCCCCCCO)OC(=O)CCCCCCCCO. The third kappa shape index (κ3) is 21.6. The van der Waals surface area contributed by atoms with E-state index in [2.05, 4.69) is 0 Å². The average Bonchev–Trinajstić information content (AvgIpc) is 2.72. The van der Waals surface area contributed by atoms with Gasteiger partial charge >= 0.3 is 11.9 Å². The van der Waals surface area contributed by atoms with Crippen LogP contribution in [0.3, 0.4) is 0 Å². The van der Waals surface area contributed by atoms with Crippen molar-refractivity contribution in [2.24, 2.45) is 0 Å². The molecule has 0 spiro atoms. The maximum absolute atomic E-state index is 11.8. The van der Waals surface area contributed by atoms with Gasteiger partial charge in [0, 0.05) is 26.1 Å². The quantitative estimate of drug-likeness (QED) is 0.184. The topological polar surface area (TPSA) is 93.1 Å². The van der Waals surface area contributed by atoms with Crippen LogP contribution in [-0.4, -0.2) is 48.1 Å². The van der Waals surface area contributed by atoms with Gasteiger partial charge in [0.15, 0.2) is 0 Å². The van der Waals surface area contributed by atoms with Gasteiger partial charge in [-0.05, 0) is 51.9 Å². The number of unbranched alkanes of at least 4 members (excludes halogenated alkanes) is 11. The largest absolute Gasteiger partial charge is 0.466 e. The van der Waals surface area contributed by atoms with Gasteiger partial charge in [-0.25, -0.2) is 0 Å². The molecule has 0 aromatic carbocycles. The lowest BCUT2D eigenvalue weighted by Crippen LogP contribution is -2.15. The summed E-state index contributed by atoms with van der Waals surface area (Å²) < 4.78 is 10.7. The predicted octanol–water partition coefficient (Wildman–Crippen LogP) is 5.08. The molecule has 1 unspecified atom stereocenters. The highest BCUT2D eigenvalue weighted by molar-refractivity contribution is 5.69. The molecule has 0 heterocycles. The van der Waals surface area contributed by atoms with E-state index in [9.17, 15) is 9.59 Å². The molecule has 178 valence electrons. The number of hydrogen-bond acceptors (Lipinski definition) is 6. The molecule has 0 aromatic heterocycles. The summed E-state index contributed by atoms with van der Waals surface area (Å²) in [6.45, 7) is 2.88. The Hall–Kier alpha value is -1.14. The second-order valence-corrected chi connectivity index (χ2v) is 8.21. The molecule has 0 aromatic rings. The zero-order chi connectivity index (χ0) is 22.3. The first-order valence-corrected chi connectivity index (χ1v) is 12.2. The van der Waals surface area contributed by atoms with E-state index in [1.807, 2.05) is 6.92 Å². The molecule has 6 nitrogen and oxygen atoms in total. The summed E-state index contributed by atoms with van der Waals surface area (Å²) in [4.78, 5) is 23.5. The van der Waals surface area contributed by atoms with Crippen LogP contribution in [0, 0.1) is 0 Å². The molecular formula is C24H46O6. The highest BCUT2D eigenvalue weighted by Crippen LogP contribution is 2.11. The molecule has 6 heteroatoms. The number of carbonyl (C=O) groups is 2. The van der Waals surface area contributed by atoms with Crippen molar-refractivity contribution in [1.29, 1.82) is 0 Å². The minimum absolute atomic E-state index is 0.0939.